The van der Waals surface area contributed by atoms with Crippen molar-refractivity contribution in [1.29, 1.82) is 0 Å². The maximum absolute atomic E-state index is 10.6. The third-order valence-electron chi connectivity index (χ3n) is 4.73. The Morgan fingerprint density at radius 1 is 1.40 bits per heavy atom. The molecule has 3 unspecified atom stereocenters. The lowest BCUT2D eigenvalue weighted by molar-refractivity contribution is -0.192. The van der Waals surface area contributed by atoms with Crippen LogP contribution in [0.1, 0.15) is 23.4 Å². The fourth-order valence-electron chi connectivity index (χ4n) is 3.42. The van der Waals surface area contributed by atoms with Crippen molar-refractivity contribution in [2.75, 3.05) is 18.1 Å². The molecule has 0 aromatic carbocycles. The van der Waals surface area contributed by atoms with E-state index in [0.29, 0.717) is 19.3 Å². The van der Waals surface area contributed by atoms with Crippen LogP contribution >= 0.6 is 11.3 Å². The van der Waals surface area contributed by atoms with Crippen molar-refractivity contribution in [3.05, 3.63) is 35.1 Å². The van der Waals surface area contributed by atoms with Gasteiger partial charge in [-0.15, -0.1) is 10.2 Å². The molecule has 3 heterocycles. The van der Waals surface area contributed by atoms with Crippen LogP contribution in [0.4, 0.5) is 18.3 Å². The van der Waals surface area contributed by atoms with Crippen molar-refractivity contribution in [3.8, 4) is 0 Å². The van der Waals surface area contributed by atoms with Gasteiger partial charge in [0, 0.05) is 18.9 Å². The minimum Gasteiger partial charge on any atom is -0.475 e. The minimum absolute atomic E-state index is 0.0712. The third kappa shape index (κ3) is 5.64. The molecule has 2 fully saturated rings. The number of halogens is 3. The molecule has 2 bridgehead atoms. The maximum atomic E-state index is 10.6. The molecule has 164 valence electrons. The van der Waals surface area contributed by atoms with Crippen LogP contribution in [0.3, 0.4) is 0 Å². The number of carboxylic acid groups (broad SMARTS) is 1. The van der Waals surface area contributed by atoms with E-state index in [2.05, 4.69) is 20.1 Å². The van der Waals surface area contributed by atoms with Crippen LogP contribution in [0.15, 0.2) is 24.5 Å². The van der Waals surface area contributed by atoms with Crippen LogP contribution in [0.25, 0.3) is 0 Å². The number of rotatable bonds is 4. The fraction of sp³-hybridized carbons (Fsp3) is 0.556. The van der Waals surface area contributed by atoms with E-state index >= 15 is 0 Å². The number of hydrogen-bond donors (Lipinski definition) is 1. The van der Waals surface area contributed by atoms with Gasteiger partial charge >= 0.3 is 12.1 Å². The number of aromatic nitrogens is 3. The molecule has 30 heavy (non-hydrogen) atoms. The number of pyridine rings is 1. The number of carbonyl (C=O) groups is 1. The molecular weight excluding hydrogens is 425 g/mol. The van der Waals surface area contributed by atoms with E-state index < -0.39 is 12.1 Å². The summed E-state index contributed by atoms with van der Waals surface area (Å²) in [6.07, 6.45) is 0.905. The Balaban J connectivity index is 0.000000318. The number of carboxylic acids is 1. The largest absolute Gasteiger partial charge is 0.490 e. The number of hydrogen-bond acceptors (Lipinski definition) is 8. The molecule has 1 aliphatic carbocycles. The number of anilines is 1. The third-order valence-corrected chi connectivity index (χ3v) is 5.60. The molecule has 1 aliphatic heterocycles. The highest BCUT2D eigenvalue weighted by Gasteiger charge is 2.44. The topological polar surface area (TPSA) is 97.7 Å². The normalized spacial score (nSPS) is 23.5. The lowest BCUT2D eigenvalue weighted by Crippen LogP contribution is -2.43. The molecule has 1 N–H and O–H groups in total. The molecule has 2 aromatic heterocycles. The summed E-state index contributed by atoms with van der Waals surface area (Å²) in [7, 11) is 0. The molecule has 8 nitrogen and oxygen atoms in total. The lowest BCUT2D eigenvalue weighted by atomic mass is 10.1. The molecule has 3 atom stereocenters. The summed E-state index contributed by atoms with van der Waals surface area (Å²) in [4.78, 5) is 15.4. The average molecular weight is 446 g/mol. The predicted octanol–water partition coefficient (Wildman–Crippen LogP) is 2.83. The van der Waals surface area contributed by atoms with Gasteiger partial charge in [0.15, 0.2) is 0 Å². The monoisotopic (exact) mass is 446 g/mol. The molecule has 1 saturated heterocycles. The standard InChI is InChI=1S/C16H20N4O2S.C2HF3O2/c1-11-18-19-16(23-11)20-7-8-21-14-5-4-13(20)15(14)22-10-12-3-2-6-17-9-12;3-2(4,5)1(6)7/h2-3,6,9,13-15H,4-5,7-8,10H2,1H3;(H,6,7). The number of ether oxygens (including phenoxy) is 2. The van der Waals surface area contributed by atoms with Gasteiger partial charge in [-0.05, 0) is 31.4 Å². The van der Waals surface area contributed by atoms with E-state index in [1.54, 1.807) is 17.5 Å². The first kappa shape index (κ1) is 22.4. The number of alkyl halides is 3. The summed E-state index contributed by atoms with van der Waals surface area (Å²) < 4.78 is 44.0. The predicted molar refractivity (Wildman–Crippen MR) is 101 cm³/mol. The Morgan fingerprint density at radius 2 is 2.17 bits per heavy atom. The average Bonchev–Trinajstić information content (AvgIpc) is 3.24. The SMILES string of the molecule is Cc1nnc(N2CCOC3CCC2C3OCc2cccnc2)s1.O=C(O)C(F)(F)F. The van der Waals surface area contributed by atoms with Gasteiger partial charge in [0.1, 0.15) is 11.1 Å². The second kappa shape index (κ2) is 9.67. The van der Waals surface area contributed by atoms with Crippen LogP contribution in [0.5, 0.6) is 0 Å². The summed E-state index contributed by atoms with van der Waals surface area (Å²) >= 11 is 1.64. The van der Waals surface area contributed by atoms with Crippen molar-refractivity contribution in [2.45, 2.75) is 50.8 Å². The Morgan fingerprint density at radius 3 is 2.77 bits per heavy atom. The molecular formula is C18H21F3N4O4S. The molecule has 0 amide bonds. The second-order valence-corrected chi connectivity index (χ2v) is 7.95. The molecule has 4 rings (SSSR count). The van der Waals surface area contributed by atoms with Crippen molar-refractivity contribution >= 4 is 22.4 Å². The number of nitrogens with zero attached hydrogens (tertiary/aromatic N) is 4. The van der Waals surface area contributed by atoms with Gasteiger partial charge in [0.25, 0.3) is 0 Å². The van der Waals surface area contributed by atoms with Crippen LogP contribution < -0.4 is 4.90 Å². The smallest absolute Gasteiger partial charge is 0.475 e. The summed E-state index contributed by atoms with van der Waals surface area (Å²) in [5, 5.41) is 17.6. The zero-order chi connectivity index (χ0) is 21.7. The molecule has 0 radical (unpaired) electrons. The molecule has 12 heteroatoms. The molecule has 1 saturated carbocycles. The molecule has 0 spiro atoms. The Bertz CT molecular complexity index is 836. The Hall–Kier alpha value is -2.31. The highest BCUT2D eigenvalue weighted by molar-refractivity contribution is 7.15. The first-order valence-corrected chi connectivity index (χ1v) is 10.1. The lowest BCUT2D eigenvalue weighted by Gasteiger charge is -2.30. The zero-order valence-corrected chi connectivity index (χ0v) is 16.9. The summed E-state index contributed by atoms with van der Waals surface area (Å²) in [5.74, 6) is -2.76. The van der Waals surface area contributed by atoms with Gasteiger partial charge in [-0.3, -0.25) is 4.98 Å². The summed E-state index contributed by atoms with van der Waals surface area (Å²) in [5.41, 5.74) is 1.09. The highest BCUT2D eigenvalue weighted by atomic mass is 32.1. The summed E-state index contributed by atoms with van der Waals surface area (Å²) in [6, 6.07) is 4.29. The highest BCUT2D eigenvalue weighted by Crippen LogP contribution is 2.36. The second-order valence-electron chi connectivity index (χ2n) is 6.79. The van der Waals surface area contributed by atoms with Gasteiger partial charge in [0.2, 0.25) is 5.13 Å². The quantitative estimate of drug-likeness (QED) is 0.766. The van der Waals surface area contributed by atoms with E-state index in [1.807, 2.05) is 25.3 Å². The minimum atomic E-state index is -5.08. The van der Waals surface area contributed by atoms with Crippen LogP contribution in [0.2, 0.25) is 0 Å². The maximum Gasteiger partial charge on any atom is 0.490 e. The Labute approximate surface area is 174 Å². The van der Waals surface area contributed by atoms with Gasteiger partial charge in [-0.2, -0.15) is 13.2 Å². The van der Waals surface area contributed by atoms with E-state index in [-0.39, 0.29) is 12.2 Å². The van der Waals surface area contributed by atoms with E-state index in [0.717, 1.165) is 35.1 Å². The number of aliphatic carboxylic acids is 1. The number of aryl methyl sites for hydroxylation is 1. The van der Waals surface area contributed by atoms with Crippen LogP contribution in [-0.2, 0) is 20.9 Å². The van der Waals surface area contributed by atoms with E-state index in [1.165, 1.54) is 0 Å². The van der Waals surface area contributed by atoms with Gasteiger partial charge < -0.3 is 19.5 Å². The van der Waals surface area contributed by atoms with Crippen LogP contribution in [-0.4, -0.2) is 63.8 Å². The Kier molecular flexibility index (Phi) is 7.21. The number of fused-ring (bicyclic) bond motifs is 2. The van der Waals surface area contributed by atoms with E-state index in [9.17, 15) is 13.2 Å². The van der Waals surface area contributed by atoms with Gasteiger partial charge in [0.05, 0.1) is 25.4 Å². The first-order valence-electron chi connectivity index (χ1n) is 9.24. The van der Waals surface area contributed by atoms with Crippen molar-refractivity contribution in [1.82, 2.24) is 15.2 Å². The van der Waals surface area contributed by atoms with Gasteiger partial charge in [-0.1, -0.05) is 17.4 Å². The molecule has 2 aliphatic rings. The van der Waals surface area contributed by atoms with Crippen molar-refractivity contribution in [2.24, 2.45) is 0 Å². The van der Waals surface area contributed by atoms with Crippen LogP contribution in [0, 0.1) is 6.92 Å². The summed E-state index contributed by atoms with van der Waals surface area (Å²) in [6.45, 7) is 4.12. The first-order chi connectivity index (χ1) is 14.3. The zero-order valence-electron chi connectivity index (χ0n) is 16.1. The molecule has 2 aromatic rings. The van der Waals surface area contributed by atoms with Crippen molar-refractivity contribution < 1.29 is 32.5 Å². The van der Waals surface area contributed by atoms with E-state index in [4.69, 9.17) is 19.4 Å². The van der Waals surface area contributed by atoms with Crippen molar-refractivity contribution in [3.63, 3.8) is 0 Å². The van der Waals surface area contributed by atoms with Gasteiger partial charge in [-0.25, -0.2) is 4.79 Å². The fourth-order valence-corrected chi connectivity index (χ4v) is 4.20.